The van der Waals surface area contributed by atoms with Gasteiger partial charge in [-0.05, 0) is 32.3 Å². The standard InChI is InChI=1S/C26H29N7O5/c1-6-24(34)28-20-15-21(23(38-5)16-22(20)32(4)13-12-31(2)3)30-26-27-11-10-19(29-26)25(35)17-8-7-9-18(14-17)33(36)37/h6-11,14-16H,1,12-13H2,2-5H3,(H,28,34)(H,27,29,30). The molecule has 0 unspecified atom stereocenters. The number of likely N-dealkylation sites (N-methyl/N-ethyl adjacent to an activating group) is 2. The second-order valence-electron chi connectivity index (χ2n) is 8.51. The van der Waals surface area contributed by atoms with Crippen LogP contribution in [0.15, 0.2) is 61.3 Å². The first-order chi connectivity index (χ1) is 18.1. The molecule has 0 bridgehead atoms. The van der Waals surface area contributed by atoms with Gasteiger partial charge >= 0.3 is 0 Å². The molecule has 0 saturated carbocycles. The van der Waals surface area contributed by atoms with E-state index in [9.17, 15) is 19.7 Å². The summed E-state index contributed by atoms with van der Waals surface area (Å²) < 4.78 is 5.58. The lowest BCUT2D eigenvalue weighted by molar-refractivity contribution is -0.384. The maximum atomic E-state index is 13.0. The second kappa shape index (κ2) is 12.4. The average molecular weight is 520 g/mol. The van der Waals surface area contributed by atoms with Gasteiger partial charge in [0.25, 0.3) is 5.69 Å². The Morgan fingerprint density at radius 2 is 1.89 bits per heavy atom. The highest BCUT2D eigenvalue weighted by atomic mass is 16.6. The molecular formula is C26H29N7O5. The summed E-state index contributed by atoms with van der Waals surface area (Å²) in [7, 11) is 7.36. The van der Waals surface area contributed by atoms with Crippen molar-refractivity contribution in [1.82, 2.24) is 14.9 Å². The van der Waals surface area contributed by atoms with Gasteiger partial charge < -0.3 is 25.2 Å². The number of non-ortho nitro benzene ring substituents is 1. The van der Waals surface area contributed by atoms with Crippen LogP contribution in [-0.2, 0) is 4.79 Å². The quantitative estimate of drug-likeness (QED) is 0.158. The van der Waals surface area contributed by atoms with Crippen molar-refractivity contribution in [1.29, 1.82) is 0 Å². The van der Waals surface area contributed by atoms with Crippen LogP contribution in [0.2, 0.25) is 0 Å². The van der Waals surface area contributed by atoms with Crippen molar-refractivity contribution in [2.45, 2.75) is 0 Å². The van der Waals surface area contributed by atoms with Gasteiger partial charge in [-0.15, -0.1) is 0 Å². The van der Waals surface area contributed by atoms with Crippen LogP contribution in [0.1, 0.15) is 16.1 Å². The summed E-state index contributed by atoms with van der Waals surface area (Å²) in [6.45, 7) is 4.99. The van der Waals surface area contributed by atoms with Crippen molar-refractivity contribution < 1.29 is 19.2 Å². The van der Waals surface area contributed by atoms with Crippen molar-refractivity contribution in [3.05, 3.63) is 82.7 Å². The fourth-order valence-electron chi connectivity index (χ4n) is 3.48. The molecule has 0 fully saturated rings. The smallest absolute Gasteiger partial charge is 0.270 e. The number of carbonyl (C=O) groups is 2. The first-order valence-corrected chi connectivity index (χ1v) is 11.5. The maximum Gasteiger partial charge on any atom is 0.270 e. The number of nitrogens with one attached hydrogen (secondary N) is 2. The highest BCUT2D eigenvalue weighted by Crippen LogP contribution is 2.37. The third-order valence-electron chi connectivity index (χ3n) is 5.51. The molecule has 0 aliphatic carbocycles. The topological polar surface area (TPSA) is 143 Å². The molecule has 1 heterocycles. The molecule has 3 aromatic rings. The number of carbonyl (C=O) groups excluding carboxylic acids is 2. The molecule has 1 amide bonds. The number of aromatic nitrogens is 2. The van der Waals surface area contributed by atoms with Crippen LogP contribution in [0.5, 0.6) is 5.75 Å². The Bertz CT molecular complexity index is 1360. The first-order valence-electron chi connectivity index (χ1n) is 11.5. The highest BCUT2D eigenvalue weighted by molar-refractivity contribution is 6.08. The number of rotatable bonds is 12. The van der Waals surface area contributed by atoms with Gasteiger partial charge in [0.1, 0.15) is 11.4 Å². The number of nitrogens with zero attached hydrogens (tertiary/aromatic N) is 5. The van der Waals surface area contributed by atoms with Crippen LogP contribution in [0, 0.1) is 10.1 Å². The molecule has 198 valence electrons. The first kappa shape index (κ1) is 27.7. The van der Waals surface area contributed by atoms with Crippen LogP contribution in [0.3, 0.4) is 0 Å². The summed E-state index contributed by atoms with van der Waals surface area (Å²) >= 11 is 0. The van der Waals surface area contributed by atoms with Crippen LogP contribution in [0.4, 0.5) is 28.7 Å². The number of hydrogen-bond donors (Lipinski definition) is 2. The molecule has 0 aliphatic heterocycles. The average Bonchev–Trinajstić information content (AvgIpc) is 2.91. The van der Waals surface area contributed by atoms with Crippen molar-refractivity contribution in [3.63, 3.8) is 0 Å². The molecule has 12 heteroatoms. The predicted molar refractivity (Wildman–Crippen MR) is 145 cm³/mol. The van der Waals surface area contributed by atoms with E-state index >= 15 is 0 Å². The zero-order valence-corrected chi connectivity index (χ0v) is 21.6. The largest absolute Gasteiger partial charge is 0.494 e. The van der Waals surface area contributed by atoms with Gasteiger partial charge in [0.15, 0.2) is 0 Å². The lowest BCUT2D eigenvalue weighted by Gasteiger charge is -2.26. The van der Waals surface area contributed by atoms with Crippen LogP contribution in [0.25, 0.3) is 0 Å². The summed E-state index contributed by atoms with van der Waals surface area (Å²) in [6, 6.07) is 10.3. The predicted octanol–water partition coefficient (Wildman–Crippen LogP) is 3.49. The van der Waals surface area contributed by atoms with Crippen LogP contribution < -0.4 is 20.3 Å². The van der Waals surface area contributed by atoms with Gasteiger partial charge in [-0.1, -0.05) is 18.7 Å². The molecular weight excluding hydrogens is 490 g/mol. The Hall–Kier alpha value is -4.84. The summed E-state index contributed by atoms with van der Waals surface area (Å²) in [6.07, 6.45) is 2.57. The number of benzene rings is 2. The zero-order chi connectivity index (χ0) is 27.8. The van der Waals surface area contributed by atoms with Gasteiger partial charge in [-0.25, -0.2) is 9.97 Å². The van der Waals surface area contributed by atoms with E-state index in [2.05, 4.69) is 27.2 Å². The van der Waals surface area contributed by atoms with E-state index < -0.39 is 10.7 Å². The minimum atomic E-state index is -0.569. The number of ether oxygens (including phenoxy) is 1. The molecule has 0 atom stereocenters. The fourth-order valence-corrected chi connectivity index (χ4v) is 3.48. The molecule has 0 spiro atoms. The third-order valence-corrected chi connectivity index (χ3v) is 5.51. The van der Waals surface area contributed by atoms with Crippen LogP contribution in [-0.4, -0.2) is 72.8 Å². The second-order valence-corrected chi connectivity index (χ2v) is 8.51. The van der Waals surface area contributed by atoms with E-state index in [1.54, 1.807) is 12.1 Å². The minimum Gasteiger partial charge on any atom is -0.494 e. The molecule has 1 aromatic heterocycles. The van der Waals surface area contributed by atoms with E-state index in [1.165, 1.54) is 49.7 Å². The van der Waals surface area contributed by atoms with E-state index in [4.69, 9.17) is 4.74 Å². The van der Waals surface area contributed by atoms with E-state index in [-0.39, 0.29) is 28.8 Å². The Morgan fingerprint density at radius 1 is 1.13 bits per heavy atom. The SMILES string of the molecule is C=CC(=O)Nc1cc(Nc2nccc(C(=O)c3cccc([N+](=O)[O-])c3)n2)c(OC)cc1N(C)CCN(C)C. The van der Waals surface area contributed by atoms with Crippen LogP contribution >= 0.6 is 0 Å². The fraction of sp³-hybridized carbons (Fsp3) is 0.231. The number of anilines is 4. The summed E-state index contributed by atoms with van der Waals surface area (Å²) in [5.41, 5.74) is 1.64. The number of nitro benzene ring substituents is 1. The Kier molecular flexibility index (Phi) is 9.06. The summed E-state index contributed by atoms with van der Waals surface area (Å²) in [5.74, 6) is -0.339. The van der Waals surface area contributed by atoms with E-state index in [1.807, 2.05) is 30.9 Å². The van der Waals surface area contributed by atoms with Crippen molar-refractivity contribution in [3.8, 4) is 5.75 Å². The molecule has 3 rings (SSSR count). The molecule has 0 radical (unpaired) electrons. The Labute approximate surface area is 220 Å². The number of ketones is 1. The normalized spacial score (nSPS) is 10.6. The Morgan fingerprint density at radius 3 is 2.55 bits per heavy atom. The number of nitro groups is 1. The van der Waals surface area contributed by atoms with Crippen molar-refractivity contribution in [2.24, 2.45) is 0 Å². The molecule has 38 heavy (non-hydrogen) atoms. The van der Waals surface area contributed by atoms with Gasteiger partial charge in [-0.3, -0.25) is 19.7 Å². The van der Waals surface area contributed by atoms with Gasteiger partial charge in [0, 0.05) is 50.1 Å². The van der Waals surface area contributed by atoms with E-state index in [0.717, 1.165) is 12.2 Å². The third kappa shape index (κ3) is 6.89. The van der Waals surface area contributed by atoms with Gasteiger partial charge in [-0.2, -0.15) is 0 Å². The maximum absolute atomic E-state index is 13.0. The highest BCUT2D eigenvalue weighted by Gasteiger charge is 2.18. The molecule has 2 N–H and O–H groups in total. The van der Waals surface area contributed by atoms with Gasteiger partial charge in [0.2, 0.25) is 17.6 Å². The Balaban J connectivity index is 1.96. The summed E-state index contributed by atoms with van der Waals surface area (Å²) in [4.78, 5) is 48.1. The number of hydrogen-bond acceptors (Lipinski definition) is 10. The van der Waals surface area contributed by atoms with Crippen molar-refractivity contribution >= 4 is 40.4 Å². The van der Waals surface area contributed by atoms with Crippen molar-refractivity contribution in [2.75, 3.05) is 56.9 Å². The van der Waals surface area contributed by atoms with Gasteiger partial charge in [0.05, 0.1) is 29.1 Å². The summed E-state index contributed by atoms with van der Waals surface area (Å²) in [5, 5.41) is 16.9. The number of amides is 1. The molecule has 2 aromatic carbocycles. The molecule has 12 nitrogen and oxygen atoms in total. The zero-order valence-electron chi connectivity index (χ0n) is 21.6. The van der Waals surface area contributed by atoms with E-state index in [0.29, 0.717) is 23.7 Å². The lowest BCUT2D eigenvalue weighted by Crippen LogP contribution is -2.29. The lowest BCUT2D eigenvalue weighted by atomic mass is 10.1. The minimum absolute atomic E-state index is 0.0437. The number of methoxy groups -OCH3 is 1. The molecule has 0 aliphatic rings. The monoisotopic (exact) mass is 519 g/mol. The molecule has 0 saturated heterocycles.